The topological polar surface area (TPSA) is 0 Å². The van der Waals surface area contributed by atoms with Crippen molar-refractivity contribution in [1.82, 2.24) is 0 Å². The van der Waals surface area contributed by atoms with E-state index in [4.69, 9.17) is 0 Å². The maximum atomic E-state index is 4.56. The number of hydrogen-bond donors (Lipinski definition) is 1. The Hall–Kier alpha value is -0.990. The van der Waals surface area contributed by atoms with Gasteiger partial charge in [-0.1, -0.05) is 6.07 Å². The van der Waals surface area contributed by atoms with Gasteiger partial charge < -0.3 is 0 Å². The lowest BCUT2D eigenvalue weighted by molar-refractivity contribution is 1.34. The third-order valence-electron chi connectivity index (χ3n) is 3.77. The van der Waals surface area contributed by atoms with Gasteiger partial charge >= 0.3 is 0 Å². The zero-order valence-electron chi connectivity index (χ0n) is 11.1. The molecule has 0 aliphatic rings. The van der Waals surface area contributed by atoms with Crippen LogP contribution in [0.3, 0.4) is 0 Å². The summed E-state index contributed by atoms with van der Waals surface area (Å²) in [6.07, 6.45) is 0. The van der Waals surface area contributed by atoms with Crippen LogP contribution in [0.15, 0.2) is 23.1 Å². The van der Waals surface area contributed by atoms with E-state index in [1.165, 1.54) is 42.4 Å². The molecular weight excluding hydrogens is 256 g/mol. The molecule has 92 valence electrons. The molecule has 0 saturated heterocycles. The normalized spacial score (nSPS) is 11.6. The van der Waals surface area contributed by atoms with Crippen molar-refractivity contribution in [2.75, 3.05) is 0 Å². The molecule has 0 aliphatic heterocycles. The largest absolute Gasteiger partial charge is 0.143 e. The SMILES string of the molecule is Cc1cc2sc3c(C)c(C)cc(C)c3c2cc1S. The van der Waals surface area contributed by atoms with Crippen LogP contribution in [-0.2, 0) is 0 Å². The van der Waals surface area contributed by atoms with Gasteiger partial charge in [-0.25, -0.2) is 0 Å². The Morgan fingerprint density at radius 3 is 2.33 bits per heavy atom. The van der Waals surface area contributed by atoms with E-state index >= 15 is 0 Å². The third-order valence-corrected chi connectivity index (χ3v) is 5.52. The van der Waals surface area contributed by atoms with Crippen molar-refractivity contribution in [3.05, 3.63) is 40.5 Å². The first-order valence-electron chi connectivity index (χ1n) is 6.11. The second kappa shape index (κ2) is 4.01. The quantitative estimate of drug-likeness (QED) is 0.508. The molecule has 0 amide bonds. The molecule has 0 atom stereocenters. The molecule has 3 aromatic rings. The number of thiophene rings is 1. The fourth-order valence-electron chi connectivity index (χ4n) is 2.57. The van der Waals surface area contributed by atoms with Crippen LogP contribution in [0.1, 0.15) is 22.3 Å². The highest BCUT2D eigenvalue weighted by molar-refractivity contribution is 7.80. The van der Waals surface area contributed by atoms with E-state index in [2.05, 4.69) is 58.5 Å². The van der Waals surface area contributed by atoms with Crippen LogP contribution in [-0.4, -0.2) is 0 Å². The number of fused-ring (bicyclic) bond motifs is 3. The summed E-state index contributed by atoms with van der Waals surface area (Å²) < 4.78 is 2.80. The first kappa shape index (κ1) is 12.1. The summed E-state index contributed by atoms with van der Waals surface area (Å²) in [5, 5.41) is 2.76. The van der Waals surface area contributed by atoms with Crippen LogP contribution in [0.4, 0.5) is 0 Å². The zero-order chi connectivity index (χ0) is 13.0. The van der Waals surface area contributed by atoms with Crippen LogP contribution >= 0.6 is 24.0 Å². The predicted octanol–water partition coefficient (Wildman–Crippen LogP) is 5.58. The van der Waals surface area contributed by atoms with E-state index in [9.17, 15) is 0 Å². The Labute approximate surface area is 117 Å². The van der Waals surface area contributed by atoms with E-state index in [-0.39, 0.29) is 0 Å². The lowest BCUT2D eigenvalue weighted by Gasteiger charge is -2.05. The maximum absolute atomic E-state index is 4.56. The molecule has 0 unspecified atom stereocenters. The highest BCUT2D eigenvalue weighted by Gasteiger charge is 2.12. The van der Waals surface area contributed by atoms with Crippen LogP contribution in [0.2, 0.25) is 0 Å². The Balaban J connectivity index is 2.60. The molecule has 0 bridgehead atoms. The van der Waals surface area contributed by atoms with Crippen LogP contribution < -0.4 is 0 Å². The van der Waals surface area contributed by atoms with Gasteiger partial charge in [0, 0.05) is 25.1 Å². The second-order valence-corrected chi connectivity index (χ2v) is 6.61. The molecule has 2 aromatic carbocycles. The summed E-state index contributed by atoms with van der Waals surface area (Å²) in [5.41, 5.74) is 5.42. The molecule has 1 heterocycles. The van der Waals surface area contributed by atoms with Gasteiger partial charge in [0.15, 0.2) is 0 Å². The molecule has 2 heteroatoms. The minimum atomic E-state index is 1.08. The van der Waals surface area contributed by atoms with E-state index in [1.54, 1.807) is 0 Å². The molecule has 0 aliphatic carbocycles. The van der Waals surface area contributed by atoms with Gasteiger partial charge in [-0.3, -0.25) is 0 Å². The van der Waals surface area contributed by atoms with E-state index in [1.807, 2.05) is 11.3 Å². The van der Waals surface area contributed by atoms with Crippen molar-refractivity contribution < 1.29 is 0 Å². The molecule has 0 spiro atoms. The molecule has 0 radical (unpaired) electrons. The average molecular weight is 272 g/mol. The molecule has 0 nitrogen and oxygen atoms in total. The zero-order valence-corrected chi connectivity index (χ0v) is 12.8. The number of hydrogen-bond acceptors (Lipinski definition) is 2. The van der Waals surface area contributed by atoms with E-state index < -0.39 is 0 Å². The lowest BCUT2D eigenvalue weighted by Crippen LogP contribution is -1.84. The summed E-state index contributed by atoms with van der Waals surface area (Å²) in [6.45, 7) is 8.75. The summed E-state index contributed by atoms with van der Waals surface area (Å²) in [7, 11) is 0. The van der Waals surface area contributed by atoms with Crippen molar-refractivity contribution in [3.8, 4) is 0 Å². The molecule has 0 N–H and O–H groups in total. The Morgan fingerprint density at radius 2 is 1.61 bits per heavy atom. The minimum absolute atomic E-state index is 1.08. The van der Waals surface area contributed by atoms with Crippen LogP contribution in [0.5, 0.6) is 0 Å². The monoisotopic (exact) mass is 272 g/mol. The number of rotatable bonds is 0. The van der Waals surface area contributed by atoms with Gasteiger partial charge in [0.25, 0.3) is 0 Å². The van der Waals surface area contributed by atoms with Gasteiger partial charge in [0.2, 0.25) is 0 Å². The summed E-state index contributed by atoms with van der Waals surface area (Å²) in [5.74, 6) is 0. The molecule has 0 saturated carbocycles. The van der Waals surface area contributed by atoms with E-state index in [0.717, 1.165) is 4.90 Å². The molecule has 18 heavy (non-hydrogen) atoms. The first-order chi connectivity index (χ1) is 8.49. The number of thiol groups is 1. The molecular formula is C16H16S2. The van der Waals surface area contributed by atoms with Gasteiger partial charge in [0.1, 0.15) is 0 Å². The summed E-state index contributed by atoms with van der Waals surface area (Å²) in [4.78, 5) is 1.08. The highest BCUT2D eigenvalue weighted by Crippen LogP contribution is 2.40. The Morgan fingerprint density at radius 1 is 0.889 bits per heavy atom. The molecule has 0 fully saturated rings. The molecule has 3 rings (SSSR count). The average Bonchev–Trinajstić information content (AvgIpc) is 2.66. The van der Waals surface area contributed by atoms with E-state index in [0.29, 0.717) is 0 Å². The molecule has 1 aromatic heterocycles. The van der Waals surface area contributed by atoms with Gasteiger partial charge in [0.05, 0.1) is 0 Å². The standard InChI is InChI=1S/C16H16S2/c1-8-5-10(3)15-12-7-13(17)9(2)6-14(12)18-16(15)11(8)4/h5-7,17H,1-4H3. The van der Waals surface area contributed by atoms with Crippen LogP contribution in [0.25, 0.3) is 20.2 Å². The Bertz CT molecular complexity index is 779. The third kappa shape index (κ3) is 1.59. The van der Waals surface area contributed by atoms with Gasteiger partial charge in [-0.15, -0.1) is 24.0 Å². The summed E-state index contributed by atoms with van der Waals surface area (Å²) >= 11 is 6.46. The smallest absolute Gasteiger partial charge is 0.0389 e. The van der Waals surface area contributed by atoms with Crippen molar-refractivity contribution in [1.29, 1.82) is 0 Å². The highest BCUT2D eigenvalue weighted by atomic mass is 32.1. The van der Waals surface area contributed by atoms with Gasteiger partial charge in [-0.05, 0) is 62.1 Å². The van der Waals surface area contributed by atoms with Crippen molar-refractivity contribution in [2.45, 2.75) is 32.6 Å². The Kier molecular flexibility index (Phi) is 2.68. The fourth-order valence-corrected chi connectivity index (χ4v) is 4.18. The predicted molar refractivity (Wildman–Crippen MR) is 85.5 cm³/mol. The fraction of sp³-hybridized carbons (Fsp3) is 0.250. The summed E-state index contributed by atoms with van der Waals surface area (Å²) in [6, 6.07) is 6.77. The van der Waals surface area contributed by atoms with Crippen LogP contribution in [0, 0.1) is 27.7 Å². The van der Waals surface area contributed by atoms with Crippen molar-refractivity contribution in [3.63, 3.8) is 0 Å². The number of aryl methyl sites for hydroxylation is 4. The minimum Gasteiger partial charge on any atom is -0.143 e. The number of benzene rings is 2. The first-order valence-corrected chi connectivity index (χ1v) is 7.38. The van der Waals surface area contributed by atoms with Crippen molar-refractivity contribution in [2.24, 2.45) is 0 Å². The van der Waals surface area contributed by atoms with Crippen molar-refractivity contribution >= 4 is 44.1 Å². The maximum Gasteiger partial charge on any atom is 0.0389 e. The van der Waals surface area contributed by atoms with Gasteiger partial charge in [-0.2, -0.15) is 0 Å². The lowest BCUT2D eigenvalue weighted by atomic mass is 10.0. The second-order valence-electron chi connectivity index (χ2n) is 5.08.